The summed E-state index contributed by atoms with van der Waals surface area (Å²) >= 11 is 2.96. The number of aromatic amines is 1. The maximum Gasteiger partial charge on any atom is 0.251 e. The average molecular weight is 378 g/mol. The number of anilines is 1. The summed E-state index contributed by atoms with van der Waals surface area (Å²) < 4.78 is 0. The van der Waals surface area contributed by atoms with Gasteiger partial charge in [-0.1, -0.05) is 43.3 Å². The SMILES string of the molecule is Cc1ccc(NC(=O)CSc2nc(CSC(C)C)cc(=O)[nH]2)c(C)c1. The van der Waals surface area contributed by atoms with Crippen LogP contribution in [0, 0.1) is 13.8 Å². The fraction of sp³-hybridized carbons (Fsp3) is 0.389. The minimum atomic E-state index is -0.188. The fourth-order valence-corrected chi connectivity index (χ4v) is 3.50. The van der Waals surface area contributed by atoms with E-state index in [4.69, 9.17) is 0 Å². The molecule has 2 N–H and O–H groups in total. The molecule has 0 aliphatic rings. The number of H-pyrrole nitrogens is 1. The van der Waals surface area contributed by atoms with Crippen molar-refractivity contribution in [3.63, 3.8) is 0 Å². The number of nitrogens with zero attached hydrogens (tertiary/aromatic N) is 1. The zero-order valence-electron chi connectivity index (χ0n) is 14.9. The van der Waals surface area contributed by atoms with Crippen LogP contribution in [0.15, 0.2) is 34.2 Å². The summed E-state index contributed by atoms with van der Waals surface area (Å²) in [5.74, 6) is 0.752. The van der Waals surface area contributed by atoms with E-state index >= 15 is 0 Å². The van der Waals surface area contributed by atoms with Gasteiger partial charge in [0.1, 0.15) is 0 Å². The van der Waals surface area contributed by atoms with Gasteiger partial charge in [-0.15, -0.1) is 0 Å². The van der Waals surface area contributed by atoms with E-state index in [0.29, 0.717) is 16.2 Å². The second-order valence-electron chi connectivity index (χ2n) is 6.06. The summed E-state index contributed by atoms with van der Waals surface area (Å²) in [6, 6.07) is 7.40. The predicted molar refractivity (Wildman–Crippen MR) is 107 cm³/mol. The third-order valence-corrected chi connectivity index (χ3v) is 5.34. The van der Waals surface area contributed by atoms with Gasteiger partial charge in [-0.25, -0.2) is 4.98 Å². The second-order valence-corrected chi connectivity index (χ2v) is 8.59. The number of hydrogen-bond donors (Lipinski definition) is 2. The Morgan fingerprint density at radius 2 is 2.04 bits per heavy atom. The molecule has 2 rings (SSSR count). The lowest BCUT2D eigenvalue weighted by atomic mass is 10.1. The molecule has 0 fully saturated rings. The number of nitrogens with one attached hydrogen (secondary N) is 2. The summed E-state index contributed by atoms with van der Waals surface area (Å²) in [6.45, 7) is 8.18. The van der Waals surface area contributed by atoms with Crippen LogP contribution >= 0.6 is 23.5 Å². The lowest BCUT2D eigenvalue weighted by Crippen LogP contribution is -2.16. The summed E-state index contributed by atoms with van der Waals surface area (Å²) in [5, 5.41) is 3.84. The Bertz CT molecular complexity index is 803. The van der Waals surface area contributed by atoms with E-state index in [1.165, 1.54) is 17.8 Å². The molecule has 0 aliphatic carbocycles. The molecule has 25 heavy (non-hydrogen) atoms. The average Bonchev–Trinajstić information content (AvgIpc) is 2.53. The van der Waals surface area contributed by atoms with Crippen molar-refractivity contribution in [3.05, 3.63) is 51.4 Å². The summed E-state index contributed by atoms with van der Waals surface area (Å²) in [5.41, 5.74) is 3.53. The Balaban J connectivity index is 1.95. The summed E-state index contributed by atoms with van der Waals surface area (Å²) in [7, 11) is 0. The third kappa shape index (κ3) is 6.59. The second kappa shape index (κ2) is 9.10. The zero-order valence-corrected chi connectivity index (χ0v) is 16.5. The van der Waals surface area contributed by atoms with Crippen molar-refractivity contribution in [1.82, 2.24) is 9.97 Å². The highest BCUT2D eigenvalue weighted by atomic mass is 32.2. The van der Waals surface area contributed by atoms with Crippen LogP contribution in [-0.2, 0) is 10.5 Å². The number of carbonyl (C=O) groups is 1. The van der Waals surface area contributed by atoms with E-state index in [-0.39, 0.29) is 17.2 Å². The van der Waals surface area contributed by atoms with Gasteiger partial charge in [0.25, 0.3) is 5.56 Å². The van der Waals surface area contributed by atoms with E-state index in [2.05, 4.69) is 29.1 Å². The molecular weight excluding hydrogens is 354 g/mol. The number of aryl methyl sites for hydroxylation is 2. The topological polar surface area (TPSA) is 74.8 Å². The molecule has 7 heteroatoms. The van der Waals surface area contributed by atoms with E-state index in [1.807, 2.05) is 32.0 Å². The van der Waals surface area contributed by atoms with E-state index in [9.17, 15) is 9.59 Å². The Kier molecular flexibility index (Phi) is 7.13. The predicted octanol–water partition coefficient (Wildman–Crippen LogP) is 3.76. The van der Waals surface area contributed by atoms with Gasteiger partial charge in [0.2, 0.25) is 5.91 Å². The highest BCUT2D eigenvalue weighted by Gasteiger charge is 2.09. The van der Waals surface area contributed by atoms with Crippen LogP contribution in [0.5, 0.6) is 0 Å². The van der Waals surface area contributed by atoms with Crippen molar-refractivity contribution in [3.8, 4) is 0 Å². The van der Waals surface area contributed by atoms with Gasteiger partial charge < -0.3 is 10.3 Å². The van der Waals surface area contributed by atoms with Crippen molar-refractivity contribution in [2.24, 2.45) is 0 Å². The molecule has 2 aromatic rings. The van der Waals surface area contributed by atoms with Gasteiger partial charge >= 0.3 is 0 Å². The van der Waals surface area contributed by atoms with Crippen molar-refractivity contribution >= 4 is 35.1 Å². The molecule has 5 nitrogen and oxygen atoms in total. The Labute approximate surface area is 156 Å². The minimum Gasteiger partial charge on any atom is -0.325 e. The Morgan fingerprint density at radius 3 is 2.72 bits per heavy atom. The number of thioether (sulfide) groups is 2. The van der Waals surface area contributed by atoms with Crippen molar-refractivity contribution in [1.29, 1.82) is 0 Å². The summed E-state index contributed by atoms with van der Waals surface area (Å²) in [6.07, 6.45) is 0. The van der Waals surface area contributed by atoms with Crippen molar-refractivity contribution in [2.45, 2.75) is 43.9 Å². The first-order valence-corrected chi connectivity index (χ1v) is 10.1. The highest BCUT2D eigenvalue weighted by Crippen LogP contribution is 2.19. The third-order valence-electron chi connectivity index (χ3n) is 3.33. The molecule has 0 atom stereocenters. The number of rotatable bonds is 7. The molecule has 0 aliphatic heterocycles. The molecular formula is C18H23N3O2S2. The van der Waals surface area contributed by atoms with E-state index in [1.54, 1.807) is 11.8 Å². The molecule has 1 aromatic carbocycles. The quantitative estimate of drug-likeness (QED) is 0.568. The molecule has 134 valence electrons. The molecule has 0 spiro atoms. The normalized spacial score (nSPS) is 10.9. The molecule has 1 aromatic heterocycles. The Hall–Kier alpha value is -1.73. The minimum absolute atomic E-state index is 0.124. The van der Waals surface area contributed by atoms with Crippen molar-refractivity contribution in [2.75, 3.05) is 11.1 Å². The molecule has 0 bridgehead atoms. The van der Waals surface area contributed by atoms with Gasteiger partial charge in [0.15, 0.2) is 5.16 Å². The fourth-order valence-electron chi connectivity index (χ4n) is 2.15. The summed E-state index contributed by atoms with van der Waals surface area (Å²) in [4.78, 5) is 31.0. The monoisotopic (exact) mass is 377 g/mol. The van der Waals surface area contributed by atoms with Crippen LogP contribution in [0.25, 0.3) is 0 Å². The first-order chi connectivity index (χ1) is 11.8. The smallest absolute Gasteiger partial charge is 0.251 e. The number of benzene rings is 1. The molecule has 0 saturated heterocycles. The molecule has 0 unspecified atom stereocenters. The van der Waals surface area contributed by atoms with Crippen LogP contribution in [0.3, 0.4) is 0 Å². The number of carbonyl (C=O) groups excluding carboxylic acids is 1. The molecule has 0 radical (unpaired) electrons. The highest BCUT2D eigenvalue weighted by molar-refractivity contribution is 7.99. The number of aromatic nitrogens is 2. The maximum atomic E-state index is 12.2. The number of hydrogen-bond acceptors (Lipinski definition) is 5. The van der Waals surface area contributed by atoms with Crippen LogP contribution in [0.4, 0.5) is 5.69 Å². The van der Waals surface area contributed by atoms with Crippen LogP contribution in [-0.4, -0.2) is 26.9 Å². The van der Waals surface area contributed by atoms with Gasteiger partial charge in [-0.2, -0.15) is 11.8 Å². The first-order valence-electron chi connectivity index (χ1n) is 8.05. The molecule has 1 amide bonds. The van der Waals surface area contributed by atoms with Crippen molar-refractivity contribution < 1.29 is 4.79 Å². The lowest BCUT2D eigenvalue weighted by Gasteiger charge is -2.09. The van der Waals surface area contributed by atoms with Gasteiger partial charge in [-0.05, 0) is 30.7 Å². The lowest BCUT2D eigenvalue weighted by molar-refractivity contribution is -0.113. The van der Waals surface area contributed by atoms with E-state index < -0.39 is 0 Å². The van der Waals surface area contributed by atoms with E-state index in [0.717, 1.165) is 22.5 Å². The standard InChI is InChI=1S/C18H23N3O2S2/c1-11(2)24-9-14-8-16(22)21-18(19-14)25-10-17(23)20-15-6-5-12(3)7-13(15)4/h5-8,11H,9-10H2,1-4H3,(H,20,23)(H,19,21,22). The van der Waals surface area contributed by atoms with Crippen LogP contribution in [0.1, 0.15) is 30.7 Å². The number of amides is 1. The molecule has 1 heterocycles. The van der Waals surface area contributed by atoms with Gasteiger partial charge in [-0.3, -0.25) is 9.59 Å². The zero-order chi connectivity index (χ0) is 18.4. The largest absolute Gasteiger partial charge is 0.325 e. The van der Waals surface area contributed by atoms with Crippen LogP contribution in [0.2, 0.25) is 0 Å². The Morgan fingerprint density at radius 1 is 1.28 bits per heavy atom. The first kappa shape index (κ1) is 19.6. The van der Waals surface area contributed by atoms with Crippen LogP contribution < -0.4 is 10.9 Å². The maximum absolute atomic E-state index is 12.2. The van der Waals surface area contributed by atoms with Gasteiger partial charge in [0, 0.05) is 17.5 Å². The van der Waals surface area contributed by atoms with Gasteiger partial charge in [0.05, 0.1) is 11.4 Å². The molecule has 0 saturated carbocycles.